The quantitative estimate of drug-likeness (QED) is 0.885. The molecule has 0 bridgehead atoms. The van der Waals surface area contributed by atoms with Gasteiger partial charge in [-0.2, -0.15) is 0 Å². The number of rotatable bonds is 6. The van der Waals surface area contributed by atoms with Crippen molar-refractivity contribution in [1.82, 2.24) is 9.88 Å². The molecule has 2 aromatic rings. The van der Waals surface area contributed by atoms with Crippen molar-refractivity contribution in [3.05, 3.63) is 29.8 Å². The number of methoxy groups -OCH3 is 1. The number of aromatic nitrogens is 1. The van der Waals surface area contributed by atoms with Gasteiger partial charge >= 0.3 is 0 Å². The normalized spacial score (nSPS) is 11.5. The molecule has 0 saturated carbocycles. The van der Waals surface area contributed by atoms with Gasteiger partial charge in [0.2, 0.25) is 0 Å². The van der Waals surface area contributed by atoms with Crippen LogP contribution in [0.15, 0.2) is 24.3 Å². The Labute approximate surface area is 126 Å². The van der Waals surface area contributed by atoms with E-state index in [4.69, 9.17) is 10.5 Å². The Hall–Kier alpha value is -1.81. The molecule has 0 amide bonds. The fourth-order valence-electron chi connectivity index (χ4n) is 2.31. The summed E-state index contributed by atoms with van der Waals surface area (Å²) >= 11 is 0. The summed E-state index contributed by atoms with van der Waals surface area (Å²) < 4.78 is 5.22. The van der Waals surface area contributed by atoms with E-state index in [1.807, 2.05) is 18.2 Å². The lowest BCUT2D eigenvalue weighted by atomic mass is 10.1. The Balaban J connectivity index is 2.18. The van der Waals surface area contributed by atoms with Gasteiger partial charge in [0.25, 0.3) is 0 Å². The number of hydrogen-bond acceptors (Lipinski definition) is 4. The first-order valence-corrected chi connectivity index (χ1v) is 7.41. The summed E-state index contributed by atoms with van der Waals surface area (Å²) in [5.74, 6) is 2.12. The van der Waals surface area contributed by atoms with E-state index < -0.39 is 0 Å². The van der Waals surface area contributed by atoms with Gasteiger partial charge in [0.15, 0.2) is 0 Å². The van der Waals surface area contributed by atoms with Gasteiger partial charge in [-0.1, -0.05) is 13.8 Å². The van der Waals surface area contributed by atoms with Crippen molar-refractivity contribution in [3.63, 3.8) is 0 Å². The molecule has 0 atom stereocenters. The topological polar surface area (TPSA) is 51.4 Å². The molecule has 1 aromatic heterocycles. The Morgan fingerprint density at radius 3 is 2.71 bits per heavy atom. The first-order chi connectivity index (χ1) is 9.99. The molecule has 2 rings (SSSR count). The Bertz CT molecular complexity index is 610. The van der Waals surface area contributed by atoms with Crippen LogP contribution < -0.4 is 10.5 Å². The second-order valence-corrected chi connectivity index (χ2v) is 6.01. The van der Waals surface area contributed by atoms with Gasteiger partial charge in [0.05, 0.1) is 12.6 Å². The van der Waals surface area contributed by atoms with E-state index in [2.05, 4.69) is 36.8 Å². The molecule has 0 unspecified atom stereocenters. The maximum atomic E-state index is 6.10. The standard InChI is InChI=1S/C17H25N3O/c1-12(2)7-8-20(3)11-14-9-13-5-6-15(21-4)10-16(13)19-17(14)18/h5-6,9-10,12H,7-8,11H2,1-4H3,(H2,18,19). The molecule has 0 aliphatic carbocycles. The highest BCUT2D eigenvalue weighted by molar-refractivity contribution is 5.82. The molecular weight excluding hydrogens is 262 g/mol. The summed E-state index contributed by atoms with van der Waals surface area (Å²) in [6.45, 7) is 6.38. The Kier molecular flexibility index (Phi) is 5.02. The van der Waals surface area contributed by atoms with E-state index in [1.165, 1.54) is 6.42 Å². The molecule has 21 heavy (non-hydrogen) atoms. The first kappa shape index (κ1) is 15.6. The summed E-state index contributed by atoms with van der Waals surface area (Å²) in [5, 5.41) is 1.09. The highest BCUT2D eigenvalue weighted by Crippen LogP contribution is 2.23. The van der Waals surface area contributed by atoms with Crippen LogP contribution in [0.1, 0.15) is 25.8 Å². The summed E-state index contributed by atoms with van der Waals surface area (Å²) in [5.41, 5.74) is 8.06. The van der Waals surface area contributed by atoms with Gasteiger partial charge < -0.3 is 15.4 Å². The zero-order valence-electron chi connectivity index (χ0n) is 13.4. The number of benzene rings is 1. The summed E-state index contributed by atoms with van der Waals surface area (Å²) in [6, 6.07) is 8.02. The minimum absolute atomic E-state index is 0.604. The van der Waals surface area contributed by atoms with Crippen molar-refractivity contribution in [3.8, 4) is 5.75 Å². The monoisotopic (exact) mass is 287 g/mol. The minimum atomic E-state index is 0.604. The van der Waals surface area contributed by atoms with E-state index in [9.17, 15) is 0 Å². The Morgan fingerprint density at radius 1 is 1.29 bits per heavy atom. The molecular formula is C17H25N3O. The third kappa shape index (κ3) is 4.08. The van der Waals surface area contributed by atoms with Gasteiger partial charge in [-0.05, 0) is 44.1 Å². The molecule has 1 aromatic carbocycles. The Morgan fingerprint density at radius 2 is 2.05 bits per heavy atom. The highest BCUT2D eigenvalue weighted by Gasteiger charge is 2.08. The van der Waals surface area contributed by atoms with Crippen molar-refractivity contribution in [2.24, 2.45) is 5.92 Å². The van der Waals surface area contributed by atoms with Crippen LogP contribution >= 0.6 is 0 Å². The van der Waals surface area contributed by atoms with E-state index in [-0.39, 0.29) is 0 Å². The number of nitrogens with zero attached hydrogens (tertiary/aromatic N) is 2. The molecule has 2 N–H and O–H groups in total. The fraction of sp³-hybridized carbons (Fsp3) is 0.471. The van der Waals surface area contributed by atoms with E-state index >= 15 is 0 Å². The third-order valence-electron chi connectivity index (χ3n) is 3.67. The molecule has 4 heteroatoms. The smallest absolute Gasteiger partial charge is 0.128 e. The molecule has 0 fully saturated rings. The van der Waals surface area contributed by atoms with Crippen LogP contribution in [-0.4, -0.2) is 30.6 Å². The van der Waals surface area contributed by atoms with Crippen molar-refractivity contribution in [2.45, 2.75) is 26.8 Å². The molecule has 1 heterocycles. The summed E-state index contributed by atoms with van der Waals surface area (Å²) in [4.78, 5) is 6.80. The number of hydrogen-bond donors (Lipinski definition) is 1. The maximum Gasteiger partial charge on any atom is 0.128 e. The van der Waals surface area contributed by atoms with Crippen LogP contribution in [0, 0.1) is 5.92 Å². The minimum Gasteiger partial charge on any atom is -0.497 e. The molecule has 0 aliphatic rings. The SMILES string of the molecule is COc1ccc2cc(CN(C)CCC(C)C)c(N)nc2c1. The molecule has 0 radical (unpaired) electrons. The van der Waals surface area contributed by atoms with Crippen LogP contribution in [0.5, 0.6) is 5.75 Å². The molecule has 4 nitrogen and oxygen atoms in total. The summed E-state index contributed by atoms with van der Waals surface area (Å²) in [6.07, 6.45) is 1.19. The van der Waals surface area contributed by atoms with Crippen molar-refractivity contribution in [2.75, 3.05) is 26.4 Å². The zero-order chi connectivity index (χ0) is 15.4. The lowest BCUT2D eigenvalue weighted by molar-refractivity contribution is 0.304. The molecule has 0 aliphatic heterocycles. The third-order valence-corrected chi connectivity index (χ3v) is 3.67. The zero-order valence-corrected chi connectivity index (χ0v) is 13.4. The van der Waals surface area contributed by atoms with Crippen molar-refractivity contribution in [1.29, 1.82) is 0 Å². The van der Waals surface area contributed by atoms with E-state index in [1.54, 1.807) is 7.11 Å². The first-order valence-electron chi connectivity index (χ1n) is 7.41. The van der Waals surface area contributed by atoms with Gasteiger partial charge in [0, 0.05) is 23.6 Å². The number of anilines is 1. The van der Waals surface area contributed by atoms with Gasteiger partial charge in [-0.15, -0.1) is 0 Å². The number of pyridine rings is 1. The predicted molar refractivity (Wildman–Crippen MR) is 88.5 cm³/mol. The van der Waals surface area contributed by atoms with Gasteiger partial charge in [0.1, 0.15) is 11.6 Å². The number of fused-ring (bicyclic) bond motifs is 1. The fourth-order valence-corrected chi connectivity index (χ4v) is 2.31. The van der Waals surface area contributed by atoms with E-state index in [0.29, 0.717) is 11.7 Å². The van der Waals surface area contributed by atoms with Crippen molar-refractivity contribution >= 4 is 16.7 Å². The van der Waals surface area contributed by atoms with E-state index in [0.717, 1.165) is 35.3 Å². The summed E-state index contributed by atoms with van der Waals surface area (Å²) in [7, 11) is 3.78. The van der Waals surface area contributed by atoms with Crippen LogP contribution in [0.4, 0.5) is 5.82 Å². The number of ether oxygens (including phenoxy) is 1. The number of nitrogen functional groups attached to an aromatic ring is 1. The van der Waals surface area contributed by atoms with Gasteiger partial charge in [-0.25, -0.2) is 4.98 Å². The molecule has 0 spiro atoms. The van der Waals surface area contributed by atoms with Crippen LogP contribution in [0.25, 0.3) is 10.9 Å². The number of nitrogens with two attached hydrogens (primary N) is 1. The van der Waals surface area contributed by atoms with Crippen LogP contribution in [0.2, 0.25) is 0 Å². The van der Waals surface area contributed by atoms with Crippen molar-refractivity contribution < 1.29 is 4.74 Å². The highest BCUT2D eigenvalue weighted by atomic mass is 16.5. The second kappa shape index (κ2) is 6.76. The average Bonchev–Trinajstić information content (AvgIpc) is 2.45. The molecule has 0 saturated heterocycles. The van der Waals surface area contributed by atoms with Crippen LogP contribution in [0.3, 0.4) is 0 Å². The lowest BCUT2D eigenvalue weighted by Gasteiger charge is -2.19. The molecule has 114 valence electrons. The largest absolute Gasteiger partial charge is 0.497 e. The predicted octanol–water partition coefficient (Wildman–Crippen LogP) is 3.30. The van der Waals surface area contributed by atoms with Crippen LogP contribution in [-0.2, 0) is 6.54 Å². The maximum absolute atomic E-state index is 6.10. The van der Waals surface area contributed by atoms with Gasteiger partial charge in [-0.3, -0.25) is 0 Å². The second-order valence-electron chi connectivity index (χ2n) is 6.01. The average molecular weight is 287 g/mol. The lowest BCUT2D eigenvalue weighted by Crippen LogP contribution is -2.21.